The minimum Gasteiger partial charge on any atom is -0.475 e. The average molecular weight is 532 g/mol. The molecule has 36 heavy (non-hydrogen) atoms. The van der Waals surface area contributed by atoms with Gasteiger partial charge in [-0.25, -0.2) is 9.59 Å². The molecule has 0 aromatic heterocycles. The Kier molecular flexibility index (Phi) is 12.6. The molecule has 2 aliphatic rings. The van der Waals surface area contributed by atoms with Crippen LogP contribution in [0.1, 0.15) is 17.5 Å². The van der Waals surface area contributed by atoms with Crippen molar-refractivity contribution in [3.05, 3.63) is 35.4 Å². The summed E-state index contributed by atoms with van der Waals surface area (Å²) in [4.78, 5) is 22.9. The normalized spacial score (nSPS) is 20.8. The predicted molar refractivity (Wildman–Crippen MR) is 115 cm³/mol. The number of halogens is 6. The molecular weight excluding hydrogens is 502 g/mol. The summed E-state index contributed by atoms with van der Waals surface area (Å²) in [6, 6.07) is 9.23. The molecule has 3 rings (SSSR count). The highest BCUT2D eigenvalue weighted by Crippen LogP contribution is 2.24. The first-order chi connectivity index (χ1) is 16.7. The van der Waals surface area contributed by atoms with E-state index >= 15 is 0 Å². The molecule has 0 unspecified atom stereocenters. The Morgan fingerprint density at radius 1 is 1.06 bits per heavy atom. The first-order valence-corrected chi connectivity index (χ1v) is 10.9. The molecule has 206 valence electrons. The lowest BCUT2D eigenvalue weighted by Crippen LogP contribution is -2.60. The van der Waals surface area contributed by atoms with Gasteiger partial charge in [-0.05, 0) is 24.5 Å². The van der Waals surface area contributed by atoms with E-state index in [0.29, 0.717) is 12.1 Å². The zero-order chi connectivity index (χ0) is 27.5. The fourth-order valence-electron chi connectivity index (χ4n) is 3.67. The quantitative estimate of drug-likeness (QED) is 0.558. The van der Waals surface area contributed by atoms with Crippen LogP contribution in [0.25, 0.3) is 0 Å². The van der Waals surface area contributed by atoms with Crippen molar-refractivity contribution < 1.29 is 55.6 Å². The Morgan fingerprint density at radius 3 is 2.11 bits per heavy atom. The first kappa shape index (κ1) is 31.6. The second-order valence-corrected chi connectivity index (χ2v) is 8.06. The number of piperidine rings is 1. The van der Waals surface area contributed by atoms with Crippen LogP contribution in [-0.2, 0) is 25.6 Å². The van der Waals surface area contributed by atoms with E-state index in [1.54, 1.807) is 7.11 Å². The minimum absolute atomic E-state index is 0.402. The third-order valence-electron chi connectivity index (χ3n) is 5.51. The standard InChI is InChI=1S/C18H28N2O2.2C2HF3O2/c1-15-5-3-4-6-16(15)13-19-8-7-18-17(14-19)20(9-11-21-2)10-12-22-18;2*3-2(4,5)1(6)7/h3-6,17-18H,7-14H2,1-2H3;2*(H,6,7)/t17-,18-;;/m0../s1. The molecule has 0 radical (unpaired) electrons. The zero-order valence-corrected chi connectivity index (χ0v) is 19.8. The molecule has 2 atom stereocenters. The number of hydrogen-bond acceptors (Lipinski definition) is 6. The maximum absolute atomic E-state index is 10.6. The molecule has 2 fully saturated rings. The Hall–Kier alpha value is -2.42. The molecular formula is C22H30F6N2O6. The minimum atomic E-state index is -5.08. The lowest BCUT2D eigenvalue weighted by molar-refractivity contribution is -0.193. The molecule has 2 aliphatic heterocycles. The number of fused-ring (bicyclic) bond motifs is 1. The second kappa shape index (κ2) is 14.4. The number of likely N-dealkylation sites (tertiary alicyclic amines) is 1. The largest absolute Gasteiger partial charge is 0.490 e. The van der Waals surface area contributed by atoms with Crippen molar-refractivity contribution in [3.8, 4) is 0 Å². The molecule has 2 saturated heterocycles. The van der Waals surface area contributed by atoms with E-state index in [1.165, 1.54) is 11.1 Å². The molecule has 0 aliphatic carbocycles. The average Bonchev–Trinajstić information content (AvgIpc) is 2.79. The molecule has 0 saturated carbocycles. The van der Waals surface area contributed by atoms with Crippen molar-refractivity contribution in [1.29, 1.82) is 0 Å². The van der Waals surface area contributed by atoms with Gasteiger partial charge in [-0.3, -0.25) is 9.80 Å². The highest BCUT2D eigenvalue weighted by molar-refractivity contribution is 5.73. The lowest BCUT2D eigenvalue weighted by atomic mass is 9.97. The third-order valence-corrected chi connectivity index (χ3v) is 5.51. The van der Waals surface area contributed by atoms with Crippen molar-refractivity contribution in [2.45, 2.75) is 44.4 Å². The van der Waals surface area contributed by atoms with E-state index in [0.717, 1.165) is 52.4 Å². The number of nitrogens with zero attached hydrogens (tertiary/aromatic N) is 2. The molecule has 0 bridgehead atoms. The van der Waals surface area contributed by atoms with Gasteiger partial charge < -0.3 is 19.7 Å². The maximum Gasteiger partial charge on any atom is 0.490 e. The summed E-state index contributed by atoms with van der Waals surface area (Å²) in [5.74, 6) is -5.51. The van der Waals surface area contributed by atoms with Gasteiger partial charge in [0.25, 0.3) is 0 Å². The Bertz CT molecular complexity index is 812. The summed E-state index contributed by atoms with van der Waals surface area (Å²) in [6.45, 7) is 9.20. The number of methoxy groups -OCH3 is 1. The summed E-state index contributed by atoms with van der Waals surface area (Å²) in [6.07, 6.45) is -8.63. The number of aryl methyl sites for hydroxylation is 1. The molecule has 14 heteroatoms. The van der Waals surface area contributed by atoms with Crippen molar-refractivity contribution >= 4 is 11.9 Å². The number of ether oxygens (including phenoxy) is 2. The SMILES string of the molecule is COCCN1CCO[C@H]2CCN(Cc3ccccc3C)C[C@@H]21.O=C(O)C(F)(F)F.O=C(O)C(F)(F)F. The number of alkyl halides is 6. The van der Waals surface area contributed by atoms with Crippen molar-refractivity contribution in [2.24, 2.45) is 0 Å². The maximum atomic E-state index is 10.6. The van der Waals surface area contributed by atoms with Crippen molar-refractivity contribution in [2.75, 3.05) is 46.5 Å². The number of carboxylic acid groups (broad SMARTS) is 2. The summed E-state index contributed by atoms with van der Waals surface area (Å²) in [5.41, 5.74) is 2.84. The molecule has 2 heterocycles. The summed E-state index contributed by atoms with van der Waals surface area (Å²) >= 11 is 0. The van der Waals surface area contributed by atoms with Crippen LogP contribution in [0.15, 0.2) is 24.3 Å². The van der Waals surface area contributed by atoms with Gasteiger partial charge >= 0.3 is 24.3 Å². The van der Waals surface area contributed by atoms with Crippen molar-refractivity contribution in [3.63, 3.8) is 0 Å². The van der Waals surface area contributed by atoms with E-state index in [4.69, 9.17) is 29.3 Å². The Morgan fingerprint density at radius 2 is 1.61 bits per heavy atom. The van der Waals surface area contributed by atoms with Gasteiger partial charge in [0.15, 0.2) is 0 Å². The third kappa shape index (κ3) is 11.1. The molecule has 8 nitrogen and oxygen atoms in total. The number of morpholine rings is 1. The zero-order valence-electron chi connectivity index (χ0n) is 19.8. The van der Waals surface area contributed by atoms with Gasteiger partial charge in [0.1, 0.15) is 0 Å². The first-order valence-electron chi connectivity index (χ1n) is 10.9. The van der Waals surface area contributed by atoms with Crippen LogP contribution in [0.4, 0.5) is 26.3 Å². The summed E-state index contributed by atoms with van der Waals surface area (Å²) < 4.78 is 74.7. The fourth-order valence-corrected chi connectivity index (χ4v) is 3.67. The van der Waals surface area contributed by atoms with E-state index in [9.17, 15) is 26.3 Å². The Balaban J connectivity index is 0.000000383. The highest BCUT2D eigenvalue weighted by atomic mass is 19.4. The van der Waals surface area contributed by atoms with Crippen LogP contribution in [0, 0.1) is 6.92 Å². The lowest BCUT2D eigenvalue weighted by Gasteiger charge is -2.47. The van der Waals surface area contributed by atoms with Crippen LogP contribution in [0.3, 0.4) is 0 Å². The number of hydrogen-bond donors (Lipinski definition) is 2. The topological polar surface area (TPSA) is 99.5 Å². The smallest absolute Gasteiger partial charge is 0.475 e. The van der Waals surface area contributed by atoms with Crippen LogP contribution >= 0.6 is 0 Å². The van der Waals surface area contributed by atoms with E-state index in [-0.39, 0.29) is 0 Å². The van der Waals surface area contributed by atoms with Gasteiger partial charge in [0, 0.05) is 45.9 Å². The highest BCUT2D eigenvalue weighted by Gasteiger charge is 2.39. The van der Waals surface area contributed by atoms with E-state index in [1.807, 2.05) is 0 Å². The van der Waals surface area contributed by atoms with Crippen LogP contribution in [0.5, 0.6) is 0 Å². The van der Waals surface area contributed by atoms with Crippen molar-refractivity contribution in [1.82, 2.24) is 9.80 Å². The molecule has 0 spiro atoms. The van der Waals surface area contributed by atoms with Gasteiger partial charge in [0.05, 0.1) is 19.3 Å². The molecule has 1 aromatic carbocycles. The molecule has 2 N–H and O–H groups in total. The van der Waals surface area contributed by atoms with E-state index < -0.39 is 24.3 Å². The van der Waals surface area contributed by atoms with Crippen LogP contribution in [-0.4, -0.2) is 103 Å². The van der Waals surface area contributed by atoms with E-state index in [2.05, 4.69) is 41.0 Å². The van der Waals surface area contributed by atoms with Gasteiger partial charge in [-0.2, -0.15) is 26.3 Å². The number of aliphatic carboxylic acids is 2. The number of benzene rings is 1. The molecule has 1 aromatic rings. The van der Waals surface area contributed by atoms with Gasteiger partial charge in [-0.15, -0.1) is 0 Å². The Labute approximate surface area is 204 Å². The van der Waals surface area contributed by atoms with Crippen LogP contribution in [0.2, 0.25) is 0 Å². The second-order valence-electron chi connectivity index (χ2n) is 8.06. The summed E-state index contributed by atoms with van der Waals surface area (Å²) in [5, 5.41) is 14.2. The van der Waals surface area contributed by atoms with Gasteiger partial charge in [-0.1, -0.05) is 24.3 Å². The summed E-state index contributed by atoms with van der Waals surface area (Å²) in [7, 11) is 1.78. The van der Waals surface area contributed by atoms with Gasteiger partial charge in [0.2, 0.25) is 0 Å². The monoisotopic (exact) mass is 532 g/mol. The van der Waals surface area contributed by atoms with Crippen LogP contribution < -0.4 is 0 Å². The predicted octanol–water partition coefficient (Wildman–Crippen LogP) is 3.18. The molecule has 0 amide bonds. The fraction of sp³-hybridized carbons (Fsp3) is 0.636. The number of carbonyl (C=O) groups is 2. The number of rotatable bonds is 5. The number of carboxylic acids is 2.